The lowest BCUT2D eigenvalue weighted by Gasteiger charge is -2.29. The summed E-state index contributed by atoms with van der Waals surface area (Å²) < 4.78 is 5.40. The van der Waals surface area contributed by atoms with Crippen LogP contribution in [0.2, 0.25) is 0 Å². The van der Waals surface area contributed by atoms with E-state index in [1.165, 1.54) is 16.7 Å². The normalized spacial score (nSPS) is 12.6. The predicted octanol–water partition coefficient (Wildman–Crippen LogP) is 2.72. The first-order chi connectivity index (χ1) is 9.39. The van der Waals surface area contributed by atoms with E-state index in [0.29, 0.717) is 17.9 Å². The van der Waals surface area contributed by atoms with E-state index in [1.54, 1.807) is 12.1 Å². The van der Waals surface area contributed by atoms with Gasteiger partial charge in [-0.05, 0) is 39.2 Å². The van der Waals surface area contributed by atoms with Crippen LogP contribution in [0.4, 0.5) is 5.69 Å². The first kappa shape index (κ1) is 16.6. The van der Waals surface area contributed by atoms with Gasteiger partial charge in [0.1, 0.15) is 11.6 Å². The summed E-state index contributed by atoms with van der Waals surface area (Å²) in [5, 5.41) is 0. The number of esters is 1. The lowest BCUT2D eigenvalue weighted by Crippen LogP contribution is -2.45. The van der Waals surface area contributed by atoms with Gasteiger partial charge in [-0.1, -0.05) is 18.2 Å². The van der Waals surface area contributed by atoms with Crippen LogP contribution in [0, 0.1) is 0 Å². The standard InChI is InChI=1S/C15H21NO3S/c1-15(2,3)19-14(18)13(10-20-4)16(11-17)12-8-6-5-7-9-12/h5-9,11,13H,10H2,1-4H3. The average molecular weight is 295 g/mol. The van der Waals surface area contributed by atoms with Crippen molar-refractivity contribution in [3.05, 3.63) is 30.3 Å². The highest BCUT2D eigenvalue weighted by Gasteiger charge is 2.30. The highest BCUT2D eigenvalue weighted by Crippen LogP contribution is 2.19. The smallest absolute Gasteiger partial charge is 0.330 e. The minimum Gasteiger partial charge on any atom is -0.458 e. The molecule has 0 radical (unpaired) electrons. The number of para-hydroxylation sites is 1. The summed E-state index contributed by atoms with van der Waals surface area (Å²) in [6.07, 6.45) is 2.57. The third-order valence-electron chi connectivity index (χ3n) is 2.51. The van der Waals surface area contributed by atoms with Crippen molar-refractivity contribution >= 4 is 29.8 Å². The Morgan fingerprint density at radius 2 is 1.95 bits per heavy atom. The Hall–Kier alpha value is -1.49. The maximum absolute atomic E-state index is 12.3. The Morgan fingerprint density at radius 3 is 2.40 bits per heavy atom. The number of ether oxygens (including phenoxy) is 1. The summed E-state index contributed by atoms with van der Waals surface area (Å²) in [7, 11) is 0. The van der Waals surface area contributed by atoms with Crippen molar-refractivity contribution in [3.8, 4) is 0 Å². The SMILES string of the molecule is CSCC(C(=O)OC(C)(C)C)N(C=O)c1ccccc1. The van der Waals surface area contributed by atoms with Crippen molar-refractivity contribution < 1.29 is 14.3 Å². The Morgan fingerprint density at radius 1 is 1.35 bits per heavy atom. The molecule has 0 saturated carbocycles. The van der Waals surface area contributed by atoms with Crippen LogP contribution in [0.1, 0.15) is 20.8 Å². The second-order valence-electron chi connectivity index (χ2n) is 5.35. The predicted molar refractivity (Wildman–Crippen MR) is 83.0 cm³/mol. The molecule has 0 spiro atoms. The van der Waals surface area contributed by atoms with E-state index in [2.05, 4.69) is 0 Å². The van der Waals surface area contributed by atoms with Crippen molar-refractivity contribution in [2.45, 2.75) is 32.4 Å². The van der Waals surface area contributed by atoms with Crippen LogP contribution >= 0.6 is 11.8 Å². The van der Waals surface area contributed by atoms with Gasteiger partial charge in [-0.15, -0.1) is 0 Å². The summed E-state index contributed by atoms with van der Waals surface area (Å²) in [5.74, 6) is 0.102. The third kappa shape index (κ3) is 4.89. The van der Waals surface area contributed by atoms with Gasteiger partial charge in [0.05, 0.1) is 0 Å². The zero-order valence-corrected chi connectivity index (χ0v) is 13.1. The highest BCUT2D eigenvalue weighted by atomic mass is 32.2. The molecule has 0 N–H and O–H groups in total. The molecule has 4 nitrogen and oxygen atoms in total. The number of nitrogens with zero attached hydrogens (tertiary/aromatic N) is 1. The number of benzene rings is 1. The molecule has 0 aliphatic rings. The Labute approximate surface area is 124 Å². The molecule has 0 saturated heterocycles. The molecule has 20 heavy (non-hydrogen) atoms. The molecule has 0 aliphatic heterocycles. The Balaban J connectivity index is 2.98. The highest BCUT2D eigenvalue weighted by molar-refractivity contribution is 7.98. The largest absolute Gasteiger partial charge is 0.458 e. The molecule has 1 rings (SSSR count). The molecule has 110 valence electrons. The molecule has 1 amide bonds. The topological polar surface area (TPSA) is 46.6 Å². The van der Waals surface area contributed by atoms with Gasteiger partial charge in [0.15, 0.2) is 0 Å². The van der Waals surface area contributed by atoms with Gasteiger partial charge in [-0.2, -0.15) is 11.8 Å². The molecule has 0 heterocycles. The minimum atomic E-state index is -0.621. The molecule has 0 bridgehead atoms. The van der Waals surface area contributed by atoms with E-state index in [4.69, 9.17) is 4.74 Å². The molecular weight excluding hydrogens is 274 g/mol. The van der Waals surface area contributed by atoms with Gasteiger partial charge in [0, 0.05) is 11.4 Å². The quantitative estimate of drug-likeness (QED) is 0.598. The second kappa shape index (κ2) is 7.33. The molecule has 1 aromatic carbocycles. The summed E-state index contributed by atoms with van der Waals surface area (Å²) in [6.45, 7) is 5.44. The maximum atomic E-state index is 12.3. The lowest BCUT2D eigenvalue weighted by atomic mass is 10.2. The Bertz CT molecular complexity index is 442. The summed E-state index contributed by atoms with van der Waals surface area (Å²) >= 11 is 1.50. The van der Waals surface area contributed by atoms with Gasteiger partial charge in [0.25, 0.3) is 0 Å². The molecule has 1 aromatic rings. The molecular formula is C15H21NO3S. The first-order valence-corrected chi connectivity index (χ1v) is 7.79. The van der Waals surface area contributed by atoms with Crippen LogP contribution in [0.5, 0.6) is 0 Å². The molecule has 0 aromatic heterocycles. The summed E-state index contributed by atoms with van der Waals surface area (Å²) in [4.78, 5) is 25.1. The fraction of sp³-hybridized carbons (Fsp3) is 0.467. The van der Waals surface area contributed by atoms with Gasteiger partial charge in [0.2, 0.25) is 6.41 Å². The number of anilines is 1. The Kier molecular flexibility index (Phi) is 6.07. The summed E-state index contributed by atoms with van der Waals surface area (Å²) in [5.41, 5.74) is 0.117. The molecule has 1 atom stereocenters. The van der Waals surface area contributed by atoms with Crippen molar-refractivity contribution in [1.29, 1.82) is 0 Å². The molecule has 1 unspecified atom stereocenters. The van der Waals surface area contributed by atoms with Crippen molar-refractivity contribution in [2.24, 2.45) is 0 Å². The van der Waals surface area contributed by atoms with Crippen LogP contribution in [0.3, 0.4) is 0 Å². The van der Waals surface area contributed by atoms with Crippen molar-refractivity contribution in [2.75, 3.05) is 16.9 Å². The van der Waals surface area contributed by atoms with Crippen LogP contribution in [-0.2, 0) is 14.3 Å². The van der Waals surface area contributed by atoms with E-state index in [1.807, 2.05) is 45.2 Å². The zero-order chi connectivity index (χ0) is 15.2. The van der Waals surface area contributed by atoms with Crippen LogP contribution < -0.4 is 4.90 Å². The van der Waals surface area contributed by atoms with Crippen LogP contribution in [-0.4, -0.2) is 36.0 Å². The van der Waals surface area contributed by atoms with Crippen molar-refractivity contribution in [1.82, 2.24) is 0 Å². The number of amides is 1. The first-order valence-electron chi connectivity index (χ1n) is 6.39. The van der Waals surface area contributed by atoms with Gasteiger partial charge in [-0.3, -0.25) is 9.69 Å². The molecule has 0 aliphatic carbocycles. The van der Waals surface area contributed by atoms with Crippen LogP contribution in [0.25, 0.3) is 0 Å². The monoisotopic (exact) mass is 295 g/mol. The lowest BCUT2D eigenvalue weighted by molar-refractivity contribution is -0.156. The molecule has 0 fully saturated rings. The van der Waals surface area contributed by atoms with Crippen LogP contribution in [0.15, 0.2) is 30.3 Å². The third-order valence-corrected chi connectivity index (χ3v) is 3.16. The minimum absolute atomic E-state index is 0.386. The second-order valence-corrected chi connectivity index (χ2v) is 6.26. The number of thioether (sulfide) groups is 1. The van der Waals surface area contributed by atoms with Gasteiger partial charge in [-0.25, -0.2) is 4.79 Å². The van der Waals surface area contributed by atoms with Gasteiger partial charge < -0.3 is 4.74 Å². The van der Waals surface area contributed by atoms with Gasteiger partial charge >= 0.3 is 5.97 Å². The summed E-state index contributed by atoms with van der Waals surface area (Å²) in [6, 6.07) is 8.50. The average Bonchev–Trinajstić information content (AvgIpc) is 2.38. The molecule has 5 heteroatoms. The number of rotatable bonds is 6. The number of hydrogen-bond donors (Lipinski definition) is 0. The van der Waals surface area contributed by atoms with E-state index in [0.717, 1.165) is 0 Å². The number of hydrogen-bond acceptors (Lipinski definition) is 4. The van der Waals surface area contributed by atoms with E-state index in [9.17, 15) is 9.59 Å². The fourth-order valence-corrected chi connectivity index (χ4v) is 2.32. The maximum Gasteiger partial charge on any atom is 0.330 e. The van der Waals surface area contributed by atoms with E-state index in [-0.39, 0.29) is 5.97 Å². The number of carbonyl (C=O) groups excluding carboxylic acids is 2. The van der Waals surface area contributed by atoms with Crippen molar-refractivity contribution in [3.63, 3.8) is 0 Å². The van der Waals surface area contributed by atoms with E-state index < -0.39 is 11.6 Å². The van der Waals surface area contributed by atoms with E-state index >= 15 is 0 Å². The zero-order valence-electron chi connectivity index (χ0n) is 12.3. The number of carbonyl (C=O) groups is 2. The fourth-order valence-electron chi connectivity index (χ4n) is 1.70.